The third-order valence-corrected chi connectivity index (χ3v) is 2.74. The molecule has 1 aliphatic heterocycles. The van der Waals surface area contributed by atoms with Crippen LogP contribution in [0.15, 0.2) is 24.4 Å². The van der Waals surface area contributed by atoms with Crippen LogP contribution in [0, 0.1) is 0 Å². The molecule has 1 N–H and O–H groups in total. The van der Waals surface area contributed by atoms with Crippen molar-refractivity contribution in [3.05, 3.63) is 30.1 Å². The lowest BCUT2D eigenvalue weighted by molar-refractivity contribution is 0.0646. The molecule has 4 heteroatoms. The molecule has 0 aliphatic carbocycles. The average Bonchev–Trinajstić information content (AvgIpc) is 2.28. The number of aromatic nitrogens is 1. The Morgan fingerprint density at radius 1 is 1.50 bits per heavy atom. The molecule has 1 amide bonds. The normalized spacial score (nSPS) is 19.5. The molecule has 0 spiro atoms. The highest BCUT2D eigenvalue weighted by atomic mass is 16.2. The molecule has 2 heterocycles. The van der Waals surface area contributed by atoms with Crippen LogP contribution >= 0.6 is 0 Å². The van der Waals surface area contributed by atoms with Gasteiger partial charge in [0.15, 0.2) is 0 Å². The van der Waals surface area contributed by atoms with Crippen LogP contribution in [0.2, 0.25) is 0 Å². The molecule has 0 bridgehead atoms. The number of hydrogen-bond donors (Lipinski definition) is 1. The molecule has 16 heavy (non-hydrogen) atoms. The molecule has 1 fully saturated rings. The van der Waals surface area contributed by atoms with E-state index in [9.17, 15) is 4.79 Å². The molecule has 86 valence electrons. The van der Waals surface area contributed by atoms with Gasteiger partial charge >= 0.3 is 0 Å². The summed E-state index contributed by atoms with van der Waals surface area (Å²) in [5, 5.41) is 3.38. The first-order chi connectivity index (χ1) is 7.58. The van der Waals surface area contributed by atoms with Crippen LogP contribution < -0.4 is 5.32 Å². The SMILES string of the molecule is CC1(C)CN(C(=O)c2ccccn2)CCN1. The van der Waals surface area contributed by atoms with Gasteiger partial charge in [0, 0.05) is 31.4 Å². The summed E-state index contributed by atoms with van der Waals surface area (Å²) in [6.07, 6.45) is 1.65. The summed E-state index contributed by atoms with van der Waals surface area (Å²) in [7, 11) is 0. The van der Waals surface area contributed by atoms with E-state index < -0.39 is 0 Å². The zero-order chi connectivity index (χ0) is 11.6. The molecular formula is C12H17N3O. The minimum Gasteiger partial charge on any atom is -0.334 e. The van der Waals surface area contributed by atoms with Crippen LogP contribution in [-0.4, -0.2) is 41.0 Å². The molecule has 0 saturated carbocycles. The third-order valence-electron chi connectivity index (χ3n) is 2.74. The number of hydrogen-bond acceptors (Lipinski definition) is 3. The topological polar surface area (TPSA) is 45.2 Å². The van der Waals surface area contributed by atoms with E-state index >= 15 is 0 Å². The van der Waals surface area contributed by atoms with Crippen LogP contribution in [0.4, 0.5) is 0 Å². The molecule has 4 nitrogen and oxygen atoms in total. The maximum atomic E-state index is 12.1. The molecule has 0 unspecified atom stereocenters. The average molecular weight is 219 g/mol. The summed E-state index contributed by atoms with van der Waals surface area (Å²) in [4.78, 5) is 18.1. The van der Waals surface area contributed by atoms with Crippen LogP contribution in [0.5, 0.6) is 0 Å². The van der Waals surface area contributed by atoms with Gasteiger partial charge in [0.05, 0.1) is 0 Å². The van der Waals surface area contributed by atoms with Gasteiger partial charge in [0.2, 0.25) is 0 Å². The Kier molecular flexibility index (Phi) is 2.92. The Bertz CT molecular complexity index is 375. The van der Waals surface area contributed by atoms with Crippen LogP contribution in [-0.2, 0) is 0 Å². The number of rotatable bonds is 1. The third kappa shape index (κ3) is 2.39. The molecule has 0 radical (unpaired) electrons. The molecule has 2 rings (SSSR count). The van der Waals surface area contributed by atoms with Gasteiger partial charge in [-0.3, -0.25) is 9.78 Å². The van der Waals surface area contributed by atoms with Gasteiger partial charge in [0.25, 0.3) is 5.91 Å². The monoisotopic (exact) mass is 219 g/mol. The van der Waals surface area contributed by atoms with Crippen molar-refractivity contribution in [1.29, 1.82) is 0 Å². The molecule has 0 atom stereocenters. The number of piperazine rings is 1. The summed E-state index contributed by atoms with van der Waals surface area (Å²) in [6.45, 7) is 6.52. The summed E-state index contributed by atoms with van der Waals surface area (Å²) < 4.78 is 0. The fraction of sp³-hybridized carbons (Fsp3) is 0.500. The summed E-state index contributed by atoms with van der Waals surface area (Å²) in [5.41, 5.74) is 0.517. The van der Waals surface area contributed by atoms with E-state index in [1.807, 2.05) is 17.0 Å². The van der Waals surface area contributed by atoms with Crippen LogP contribution in [0.1, 0.15) is 24.3 Å². The Morgan fingerprint density at radius 3 is 2.94 bits per heavy atom. The molecule has 1 saturated heterocycles. The standard InChI is InChI=1S/C12H17N3O/c1-12(2)9-15(8-7-14-12)11(16)10-5-3-4-6-13-10/h3-6,14H,7-9H2,1-2H3. The summed E-state index contributed by atoms with van der Waals surface area (Å²) in [5.74, 6) is 0.0233. The highest BCUT2D eigenvalue weighted by Crippen LogP contribution is 2.12. The molecule has 1 aromatic rings. The number of nitrogens with one attached hydrogen (secondary N) is 1. The predicted octanol–water partition coefficient (Wildman–Crippen LogP) is 0.906. The van der Waals surface area contributed by atoms with E-state index in [2.05, 4.69) is 24.1 Å². The zero-order valence-corrected chi connectivity index (χ0v) is 9.73. The van der Waals surface area contributed by atoms with E-state index in [-0.39, 0.29) is 11.4 Å². The lowest BCUT2D eigenvalue weighted by atomic mass is 10.0. The molecular weight excluding hydrogens is 202 g/mol. The van der Waals surface area contributed by atoms with Crippen molar-refractivity contribution in [2.75, 3.05) is 19.6 Å². The Morgan fingerprint density at radius 2 is 2.31 bits per heavy atom. The van der Waals surface area contributed by atoms with E-state index in [4.69, 9.17) is 0 Å². The van der Waals surface area contributed by atoms with Crippen molar-refractivity contribution in [2.45, 2.75) is 19.4 Å². The second-order valence-electron chi connectivity index (χ2n) is 4.75. The van der Waals surface area contributed by atoms with Crippen molar-refractivity contribution >= 4 is 5.91 Å². The largest absolute Gasteiger partial charge is 0.334 e. The quantitative estimate of drug-likeness (QED) is 0.763. The van der Waals surface area contributed by atoms with Gasteiger partial charge in [-0.1, -0.05) is 6.07 Å². The van der Waals surface area contributed by atoms with Gasteiger partial charge in [-0.2, -0.15) is 0 Å². The Balaban J connectivity index is 2.11. The number of nitrogens with zero attached hydrogens (tertiary/aromatic N) is 2. The maximum absolute atomic E-state index is 12.1. The van der Waals surface area contributed by atoms with Crippen molar-refractivity contribution in [3.8, 4) is 0 Å². The molecule has 0 aromatic carbocycles. The smallest absolute Gasteiger partial charge is 0.272 e. The minimum absolute atomic E-state index is 0.0112. The van der Waals surface area contributed by atoms with E-state index in [1.54, 1.807) is 12.3 Å². The van der Waals surface area contributed by atoms with Gasteiger partial charge < -0.3 is 10.2 Å². The molecule has 1 aliphatic rings. The van der Waals surface area contributed by atoms with Crippen molar-refractivity contribution < 1.29 is 4.79 Å². The molecule has 1 aromatic heterocycles. The first-order valence-electron chi connectivity index (χ1n) is 5.54. The fourth-order valence-corrected chi connectivity index (χ4v) is 1.97. The van der Waals surface area contributed by atoms with E-state index in [0.717, 1.165) is 19.6 Å². The Labute approximate surface area is 95.7 Å². The first kappa shape index (κ1) is 11.1. The summed E-state index contributed by atoms with van der Waals surface area (Å²) >= 11 is 0. The highest BCUT2D eigenvalue weighted by Gasteiger charge is 2.29. The minimum atomic E-state index is -0.0112. The van der Waals surface area contributed by atoms with Gasteiger partial charge in [-0.25, -0.2) is 0 Å². The highest BCUT2D eigenvalue weighted by molar-refractivity contribution is 5.92. The van der Waals surface area contributed by atoms with E-state index in [0.29, 0.717) is 5.69 Å². The second-order valence-corrected chi connectivity index (χ2v) is 4.75. The number of carbonyl (C=O) groups is 1. The first-order valence-corrected chi connectivity index (χ1v) is 5.54. The lowest BCUT2D eigenvalue weighted by Crippen LogP contribution is -2.58. The van der Waals surface area contributed by atoms with Crippen molar-refractivity contribution in [3.63, 3.8) is 0 Å². The van der Waals surface area contributed by atoms with Crippen molar-refractivity contribution in [1.82, 2.24) is 15.2 Å². The summed E-state index contributed by atoms with van der Waals surface area (Å²) in [6, 6.07) is 5.42. The van der Waals surface area contributed by atoms with Gasteiger partial charge in [-0.05, 0) is 26.0 Å². The van der Waals surface area contributed by atoms with Gasteiger partial charge in [-0.15, -0.1) is 0 Å². The second kappa shape index (κ2) is 4.22. The number of carbonyl (C=O) groups excluding carboxylic acids is 1. The Hall–Kier alpha value is -1.42. The zero-order valence-electron chi connectivity index (χ0n) is 9.73. The van der Waals surface area contributed by atoms with Crippen molar-refractivity contribution in [2.24, 2.45) is 0 Å². The number of pyridine rings is 1. The maximum Gasteiger partial charge on any atom is 0.272 e. The predicted molar refractivity (Wildman–Crippen MR) is 62.2 cm³/mol. The van der Waals surface area contributed by atoms with Crippen LogP contribution in [0.25, 0.3) is 0 Å². The lowest BCUT2D eigenvalue weighted by Gasteiger charge is -2.38. The number of amides is 1. The fourth-order valence-electron chi connectivity index (χ4n) is 1.97. The van der Waals surface area contributed by atoms with Gasteiger partial charge in [0.1, 0.15) is 5.69 Å². The van der Waals surface area contributed by atoms with E-state index in [1.165, 1.54) is 0 Å². The van der Waals surface area contributed by atoms with Crippen LogP contribution in [0.3, 0.4) is 0 Å².